The molecule has 2 aromatic carbocycles. The summed E-state index contributed by atoms with van der Waals surface area (Å²) in [7, 11) is 3.18. The van der Waals surface area contributed by atoms with E-state index >= 15 is 0 Å². The lowest BCUT2D eigenvalue weighted by molar-refractivity contribution is -0.683. The second kappa shape index (κ2) is 10.4. The first-order valence-corrected chi connectivity index (χ1v) is 11.2. The Hall–Kier alpha value is -4.23. The average Bonchev–Trinajstić information content (AvgIpc) is 2.88. The predicted octanol–water partition coefficient (Wildman–Crippen LogP) is 4.43. The van der Waals surface area contributed by atoms with Crippen molar-refractivity contribution in [3.63, 3.8) is 0 Å². The summed E-state index contributed by atoms with van der Waals surface area (Å²) in [5.74, 6) is 0.320. The molecule has 176 valence electrons. The van der Waals surface area contributed by atoms with Gasteiger partial charge >= 0.3 is 5.56 Å². The number of hydrogen-bond donors (Lipinski definition) is 1. The number of rotatable bonds is 7. The van der Waals surface area contributed by atoms with Crippen LogP contribution in [0.1, 0.15) is 17.0 Å². The maximum absolute atomic E-state index is 13.7. The maximum Gasteiger partial charge on any atom is 0.349 e. The molecule has 0 atom stereocenters. The molecule has 0 saturated carbocycles. The van der Waals surface area contributed by atoms with E-state index in [0.717, 1.165) is 22.3 Å². The van der Waals surface area contributed by atoms with Gasteiger partial charge in [0.25, 0.3) is 11.7 Å². The summed E-state index contributed by atoms with van der Waals surface area (Å²) in [6.07, 6.45) is 4.78. The molecule has 4 aromatic rings. The van der Waals surface area contributed by atoms with Crippen LogP contribution < -0.4 is 10.1 Å². The van der Waals surface area contributed by atoms with Gasteiger partial charge in [0.05, 0.1) is 13.3 Å². The summed E-state index contributed by atoms with van der Waals surface area (Å²) in [5.41, 5.74) is 3.93. The third-order valence-electron chi connectivity index (χ3n) is 5.61. The average molecular weight is 488 g/mol. The Labute approximate surface area is 207 Å². The second-order valence-corrected chi connectivity index (χ2v) is 8.21. The van der Waals surface area contributed by atoms with Crippen LogP contribution in [0.25, 0.3) is 28.3 Å². The first kappa shape index (κ1) is 23.9. The highest BCUT2D eigenvalue weighted by molar-refractivity contribution is 6.29. The number of hydrogen-bond acceptors (Lipinski definition) is 5. The zero-order chi connectivity index (χ0) is 24.9. The fourth-order valence-electron chi connectivity index (χ4n) is 3.89. The van der Waals surface area contributed by atoms with E-state index in [1.165, 1.54) is 13.2 Å². The van der Waals surface area contributed by atoms with Gasteiger partial charge in [-0.1, -0.05) is 65.8 Å². The summed E-state index contributed by atoms with van der Waals surface area (Å²) in [5, 5.41) is 15.2. The zero-order valence-electron chi connectivity index (χ0n) is 19.4. The standard InChI is InChI=1S/C27H23ClN4O3/c1-4-24-31(2)26(33)25(27(34)32(24)17-19-11-12-23(28)29-15-19)22-10-6-9-21(14-22)20-8-5-7-18(13-20)16-30-35-3/h4-16H,1,17H2,2-3H3/p+1. The number of benzene rings is 2. The molecule has 0 amide bonds. The highest BCUT2D eigenvalue weighted by atomic mass is 35.5. The Kier molecular flexibility index (Phi) is 7.08. The van der Waals surface area contributed by atoms with E-state index in [1.54, 1.807) is 40.7 Å². The summed E-state index contributed by atoms with van der Waals surface area (Å²) < 4.78 is 3.10. The third-order valence-corrected chi connectivity index (χ3v) is 5.83. The van der Waals surface area contributed by atoms with Gasteiger partial charge in [-0.05, 0) is 40.5 Å². The molecule has 4 rings (SSSR count). The fourth-order valence-corrected chi connectivity index (χ4v) is 4.01. The molecule has 0 fully saturated rings. The van der Waals surface area contributed by atoms with Crippen LogP contribution in [-0.4, -0.2) is 28.0 Å². The van der Waals surface area contributed by atoms with Crippen molar-refractivity contribution in [2.45, 2.75) is 6.54 Å². The molecular formula is C27H24ClN4O3+. The minimum atomic E-state index is -0.344. The number of aromatic hydroxyl groups is 1. The largest absolute Gasteiger partial charge is 0.477 e. The number of aromatic nitrogens is 3. The van der Waals surface area contributed by atoms with Crippen molar-refractivity contribution in [3.8, 4) is 28.1 Å². The van der Waals surface area contributed by atoms with E-state index in [1.807, 2.05) is 48.5 Å². The lowest BCUT2D eigenvalue weighted by Gasteiger charge is -2.12. The molecule has 0 radical (unpaired) electrons. The van der Waals surface area contributed by atoms with Crippen molar-refractivity contribution in [2.75, 3.05) is 7.11 Å². The molecule has 0 aliphatic rings. The normalized spacial score (nSPS) is 11.1. The van der Waals surface area contributed by atoms with Crippen LogP contribution in [0.15, 0.2) is 83.4 Å². The second-order valence-electron chi connectivity index (χ2n) is 7.82. The summed E-state index contributed by atoms with van der Waals surface area (Å²) >= 11 is 5.91. The topological polar surface area (TPSA) is 80.6 Å². The lowest BCUT2D eigenvalue weighted by atomic mass is 9.99. The molecule has 0 bridgehead atoms. The van der Waals surface area contributed by atoms with E-state index < -0.39 is 0 Å². The highest BCUT2D eigenvalue weighted by Gasteiger charge is 2.26. The number of halogens is 1. The fraction of sp³-hybridized carbons (Fsp3) is 0.111. The molecule has 0 aliphatic heterocycles. The van der Waals surface area contributed by atoms with Crippen LogP contribution in [0, 0.1) is 0 Å². The molecule has 0 aliphatic carbocycles. The summed E-state index contributed by atoms with van der Waals surface area (Å²) in [6, 6.07) is 18.7. The van der Waals surface area contributed by atoms with Gasteiger partial charge in [-0.25, -0.2) is 9.78 Å². The van der Waals surface area contributed by atoms with E-state index in [9.17, 15) is 9.90 Å². The number of nitrogens with zero attached hydrogens (tertiary/aromatic N) is 4. The highest BCUT2D eigenvalue weighted by Crippen LogP contribution is 2.29. The van der Waals surface area contributed by atoms with Gasteiger partial charge in [-0.2, -0.15) is 9.13 Å². The monoisotopic (exact) mass is 487 g/mol. The van der Waals surface area contributed by atoms with Crippen LogP contribution in [0.4, 0.5) is 0 Å². The molecule has 35 heavy (non-hydrogen) atoms. The smallest absolute Gasteiger partial charge is 0.349 e. The van der Waals surface area contributed by atoms with Gasteiger partial charge in [0.15, 0.2) is 5.56 Å². The molecule has 0 unspecified atom stereocenters. The predicted molar refractivity (Wildman–Crippen MR) is 137 cm³/mol. The molecule has 0 saturated heterocycles. The lowest BCUT2D eigenvalue weighted by Crippen LogP contribution is -2.42. The molecule has 7 nitrogen and oxygen atoms in total. The van der Waals surface area contributed by atoms with Crippen molar-refractivity contribution >= 4 is 23.9 Å². The van der Waals surface area contributed by atoms with Crippen LogP contribution >= 0.6 is 11.6 Å². The molecule has 0 spiro atoms. The van der Waals surface area contributed by atoms with Crippen LogP contribution in [-0.2, 0) is 18.4 Å². The summed E-state index contributed by atoms with van der Waals surface area (Å²) in [4.78, 5) is 22.5. The Morgan fingerprint density at radius 1 is 1.14 bits per heavy atom. The molecule has 8 heteroatoms. The Morgan fingerprint density at radius 2 is 1.86 bits per heavy atom. The van der Waals surface area contributed by atoms with Gasteiger partial charge in [0.2, 0.25) is 0 Å². The van der Waals surface area contributed by atoms with Crippen molar-refractivity contribution in [1.82, 2.24) is 9.55 Å². The third kappa shape index (κ3) is 5.00. The Morgan fingerprint density at radius 3 is 2.54 bits per heavy atom. The number of oxime groups is 1. The maximum atomic E-state index is 13.7. The quantitative estimate of drug-likeness (QED) is 0.181. The minimum Gasteiger partial charge on any atom is -0.477 e. The van der Waals surface area contributed by atoms with Gasteiger partial charge in [0.1, 0.15) is 18.8 Å². The van der Waals surface area contributed by atoms with Crippen LogP contribution in [0.2, 0.25) is 5.15 Å². The van der Waals surface area contributed by atoms with Crippen LogP contribution in [0.5, 0.6) is 5.88 Å². The van der Waals surface area contributed by atoms with E-state index in [2.05, 4.69) is 16.7 Å². The Balaban J connectivity index is 1.84. The van der Waals surface area contributed by atoms with Gasteiger partial charge < -0.3 is 9.94 Å². The van der Waals surface area contributed by atoms with Crippen molar-refractivity contribution < 1.29 is 14.5 Å². The molecule has 2 heterocycles. The minimum absolute atomic E-state index is 0.145. The Bertz CT molecular complexity index is 1480. The van der Waals surface area contributed by atoms with Gasteiger partial charge in [-0.15, -0.1) is 0 Å². The summed E-state index contributed by atoms with van der Waals surface area (Å²) in [6.45, 7) is 4.07. The zero-order valence-corrected chi connectivity index (χ0v) is 20.1. The van der Waals surface area contributed by atoms with Crippen molar-refractivity contribution in [3.05, 3.63) is 106 Å². The molecule has 2 aromatic heterocycles. The van der Waals surface area contributed by atoms with E-state index in [-0.39, 0.29) is 23.5 Å². The van der Waals surface area contributed by atoms with Crippen molar-refractivity contribution in [1.29, 1.82) is 0 Å². The van der Waals surface area contributed by atoms with Crippen LogP contribution in [0.3, 0.4) is 0 Å². The molecular weight excluding hydrogens is 464 g/mol. The van der Waals surface area contributed by atoms with Gasteiger partial charge in [-0.3, -0.25) is 0 Å². The number of pyridine rings is 1. The first-order valence-electron chi connectivity index (χ1n) is 10.8. The van der Waals surface area contributed by atoms with Gasteiger partial charge in [0, 0.05) is 17.8 Å². The SMILES string of the molecule is C=Cc1n(Cc2ccc(Cl)nc2)c(=O)c(-c2cccc(-c3cccc(C=NOC)c3)c2)c(O)[n+]1C. The van der Waals surface area contributed by atoms with E-state index in [0.29, 0.717) is 16.5 Å². The van der Waals surface area contributed by atoms with Crippen molar-refractivity contribution in [2.24, 2.45) is 12.2 Å². The van der Waals surface area contributed by atoms with E-state index in [4.69, 9.17) is 16.4 Å². The first-order chi connectivity index (χ1) is 16.9. The molecule has 1 N–H and O–H groups in total.